The third kappa shape index (κ3) is 4.30. The van der Waals surface area contributed by atoms with Crippen molar-refractivity contribution in [3.8, 4) is 0 Å². The van der Waals surface area contributed by atoms with Gasteiger partial charge < -0.3 is 14.4 Å². The van der Waals surface area contributed by atoms with Crippen LogP contribution in [0.2, 0.25) is 0 Å². The van der Waals surface area contributed by atoms with Crippen molar-refractivity contribution in [1.29, 1.82) is 0 Å². The van der Waals surface area contributed by atoms with E-state index in [0.717, 1.165) is 30.8 Å². The molecule has 0 bridgehead atoms. The second kappa shape index (κ2) is 7.24. The number of likely N-dealkylation sites (N-methyl/N-ethyl adjacent to an activating group) is 1. The standard InChI is InChI=1S/C16H25N3O3/c1-19(9-13-8-15(18-17-13)12-5-6-12)16(20)11-21-10-14-4-2-3-7-22-14/h8,12,14H,2-7,9-11H2,1H3,(H,17,18)/t14-/m1/s1. The van der Waals surface area contributed by atoms with Gasteiger partial charge in [0, 0.05) is 19.6 Å². The van der Waals surface area contributed by atoms with Gasteiger partial charge in [0.1, 0.15) is 6.61 Å². The van der Waals surface area contributed by atoms with Crippen LogP contribution >= 0.6 is 0 Å². The first-order valence-electron chi connectivity index (χ1n) is 8.20. The van der Waals surface area contributed by atoms with Crippen LogP contribution in [0.4, 0.5) is 0 Å². The molecule has 0 aromatic carbocycles. The zero-order chi connectivity index (χ0) is 15.4. The normalized spacial score (nSPS) is 21.8. The van der Waals surface area contributed by atoms with Gasteiger partial charge in [0.2, 0.25) is 5.91 Å². The van der Waals surface area contributed by atoms with E-state index in [2.05, 4.69) is 16.3 Å². The first-order chi connectivity index (χ1) is 10.7. The highest BCUT2D eigenvalue weighted by atomic mass is 16.5. The van der Waals surface area contributed by atoms with Crippen LogP contribution in [0, 0.1) is 0 Å². The van der Waals surface area contributed by atoms with Crippen molar-refractivity contribution in [1.82, 2.24) is 15.1 Å². The molecule has 1 aliphatic carbocycles. The van der Waals surface area contributed by atoms with Crippen molar-refractivity contribution >= 4 is 5.91 Å². The predicted octanol–water partition coefficient (Wildman–Crippen LogP) is 1.83. The van der Waals surface area contributed by atoms with Gasteiger partial charge >= 0.3 is 0 Å². The predicted molar refractivity (Wildman–Crippen MR) is 81.4 cm³/mol. The van der Waals surface area contributed by atoms with Crippen LogP contribution in [0.5, 0.6) is 0 Å². The van der Waals surface area contributed by atoms with Gasteiger partial charge in [-0.05, 0) is 38.2 Å². The van der Waals surface area contributed by atoms with Crippen LogP contribution in [0.3, 0.4) is 0 Å². The fourth-order valence-electron chi connectivity index (χ4n) is 2.72. The lowest BCUT2D eigenvalue weighted by Crippen LogP contribution is -2.32. The Labute approximate surface area is 131 Å². The summed E-state index contributed by atoms with van der Waals surface area (Å²) in [5, 5.41) is 7.32. The zero-order valence-corrected chi connectivity index (χ0v) is 13.2. The highest BCUT2D eigenvalue weighted by Crippen LogP contribution is 2.39. The molecule has 1 aliphatic heterocycles. The Morgan fingerprint density at radius 3 is 3.05 bits per heavy atom. The number of nitrogens with one attached hydrogen (secondary N) is 1. The summed E-state index contributed by atoms with van der Waals surface area (Å²) < 4.78 is 11.1. The van der Waals surface area contributed by atoms with E-state index in [1.807, 2.05) is 0 Å². The molecule has 2 aliphatic rings. The topological polar surface area (TPSA) is 67.5 Å². The Bertz CT molecular complexity index is 493. The van der Waals surface area contributed by atoms with Crippen LogP contribution in [0.25, 0.3) is 0 Å². The molecule has 1 atom stereocenters. The number of rotatable bonds is 7. The van der Waals surface area contributed by atoms with E-state index in [0.29, 0.717) is 19.1 Å². The van der Waals surface area contributed by atoms with Crippen LogP contribution in [0.15, 0.2) is 6.07 Å². The molecule has 0 unspecified atom stereocenters. The molecule has 1 amide bonds. The number of carbonyl (C=O) groups excluding carboxylic acids is 1. The van der Waals surface area contributed by atoms with Crippen molar-refractivity contribution in [2.45, 2.75) is 50.7 Å². The van der Waals surface area contributed by atoms with Crippen molar-refractivity contribution in [3.05, 3.63) is 17.5 Å². The van der Waals surface area contributed by atoms with Gasteiger partial charge in [-0.15, -0.1) is 0 Å². The summed E-state index contributed by atoms with van der Waals surface area (Å²) in [4.78, 5) is 13.7. The molecular formula is C16H25N3O3. The molecule has 0 spiro atoms. The van der Waals surface area contributed by atoms with Crippen LogP contribution in [0.1, 0.15) is 49.4 Å². The molecule has 1 aromatic rings. The van der Waals surface area contributed by atoms with Crippen molar-refractivity contribution in [2.75, 3.05) is 26.9 Å². The number of nitrogens with zero attached hydrogens (tertiary/aromatic N) is 2. The molecule has 1 saturated heterocycles. The number of aromatic amines is 1. The van der Waals surface area contributed by atoms with Crippen LogP contribution < -0.4 is 0 Å². The Morgan fingerprint density at radius 1 is 1.45 bits per heavy atom. The Balaban J connectivity index is 1.37. The third-order valence-electron chi connectivity index (χ3n) is 4.28. The molecule has 6 heteroatoms. The lowest BCUT2D eigenvalue weighted by molar-refractivity contribution is -0.137. The SMILES string of the molecule is CN(Cc1cc(C2CC2)n[nH]1)C(=O)COC[C@H]1CCCCO1. The fourth-order valence-corrected chi connectivity index (χ4v) is 2.72. The first kappa shape index (κ1) is 15.5. The minimum absolute atomic E-state index is 0.0154. The van der Waals surface area contributed by atoms with E-state index >= 15 is 0 Å². The van der Waals surface area contributed by atoms with Gasteiger partial charge in [0.05, 0.1) is 30.6 Å². The lowest BCUT2D eigenvalue weighted by Gasteiger charge is -2.23. The minimum atomic E-state index is -0.0154. The zero-order valence-electron chi connectivity index (χ0n) is 13.2. The maximum Gasteiger partial charge on any atom is 0.248 e. The van der Waals surface area contributed by atoms with E-state index in [1.54, 1.807) is 11.9 Å². The fraction of sp³-hybridized carbons (Fsp3) is 0.750. The van der Waals surface area contributed by atoms with Crippen molar-refractivity contribution < 1.29 is 14.3 Å². The van der Waals surface area contributed by atoms with E-state index in [9.17, 15) is 4.79 Å². The quantitative estimate of drug-likeness (QED) is 0.834. The molecule has 2 fully saturated rings. The smallest absolute Gasteiger partial charge is 0.248 e. The largest absolute Gasteiger partial charge is 0.376 e. The molecule has 1 N–H and O–H groups in total. The van der Waals surface area contributed by atoms with Gasteiger partial charge in [0.25, 0.3) is 0 Å². The summed E-state index contributed by atoms with van der Waals surface area (Å²) in [5.41, 5.74) is 2.11. The molecule has 0 radical (unpaired) electrons. The molecule has 2 heterocycles. The average molecular weight is 307 g/mol. The third-order valence-corrected chi connectivity index (χ3v) is 4.28. The van der Waals surface area contributed by atoms with Crippen molar-refractivity contribution in [2.24, 2.45) is 0 Å². The van der Waals surface area contributed by atoms with Gasteiger partial charge in [-0.2, -0.15) is 5.10 Å². The second-order valence-electron chi connectivity index (χ2n) is 6.35. The van der Waals surface area contributed by atoms with E-state index in [1.165, 1.54) is 19.3 Å². The number of ether oxygens (including phenoxy) is 2. The maximum absolute atomic E-state index is 12.1. The highest BCUT2D eigenvalue weighted by Gasteiger charge is 2.26. The molecular weight excluding hydrogens is 282 g/mol. The number of carbonyl (C=O) groups is 1. The summed E-state index contributed by atoms with van der Waals surface area (Å²) in [6.07, 6.45) is 5.96. The Hall–Kier alpha value is -1.40. The number of hydrogen-bond donors (Lipinski definition) is 1. The highest BCUT2D eigenvalue weighted by molar-refractivity contribution is 5.77. The number of hydrogen-bond acceptors (Lipinski definition) is 4. The Kier molecular flexibility index (Phi) is 5.10. The second-order valence-corrected chi connectivity index (χ2v) is 6.35. The number of amides is 1. The van der Waals surface area contributed by atoms with Crippen molar-refractivity contribution in [3.63, 3.8) is 0 Å². The monoisotopic (exact) mass is 307 g/mol. The van der Waals surface area contributed by atoms with Gasteiger partial charge in [-0.3, -0.25) is 9.89 Å². The molecule has 1 saturated carbocycles. The van der Waals surface area contributed by atoms with Gasteiger partial charge in [0.15, 0.2) is 0 Å². The van der Waals surface area contributed by atoms with E-state index in [4.69, 9.17) is 9.47 Å². The number of aromatic nitrogens is 2. The molecule has 1 aromatic heterocycles. The van der Waals surface area contributed by atoms with Gasteiger partial charge in [-0.1, -0.05) is 0 Å². The first-order valence-corrected chi connectivity index (χ1v) is 8.20. The summed E-state index contributed by atoms with van der Waals surface area (Å²) in [6, 6.07) is 2.07. The minimum Gasteiger partial charge on any atom is -0.376 e. The van der Waals surface area contributed by atoms with E-state index in [-0.39, 0.29) is 18.6 Å². The van der Waals surface area contributed by atoms with E-state index < -0.39 is 0 Å². The van der Waals surface area contributed by atoms with Crippen LogP contribution in [-0.2, 0) is 20.8 Å². The summed E-state index contributed by atoms with van der Waals surface area (Å²) in [6.45, 7) is 1.97. The Morgan fingerprint density at radius 2 is 2.32 bits per heavy atom. The van der Waals surface area contributed by atoms with Crippen LogP contribution in [-0.4, -0.2) is 54.0 Å². The van der Waals surface area contributed by atoms with Gasteiger partial charge in [-0.25, -0.2) is 0 Å². The molecule has 3 rings (SSSR count). The molecule has 6 nitrogen and oxygen atoms in total. The summed E-state index contributed by atoms with van der Waals surface area (Å²) in [7, 11) is 1.79. The molecule has 122 valence electrons. The summed E-state index contributed by atoms with van der Waals surface area (Å²) >= 11 is 0. The summed E-state index contributed by atoms with van der Waals surface area (Å²) in [5.74, 6) is 0.614. The average Bonchev–Trinajstić information content (AvgIpc) is 3.28. The molecule has 22 heavy (non-hydrogen) atoms. The lowest BCUT2D eigenvalue weighted by atomic mass is 10.1. The number of H-pyrrole nitrogens is 1. The maximum atomic E-state index is 12.1.